The number of aromatic nitrogens is 3. The second-order valence-electron chi connectivity index (χ2n) is 3.55. The Morgan fingerprint density at radius 2 is 2.29 bits per heavy atom. The standard InChI is InChI=1S/C10H11BrIN5/c1-17-9(5-14-16-17)10(15-13)7-4-6(12)2-3-8(7)11/h2-5,10,15H,13H2,1H3. The summed E-state index contributed by atoms with van der Waals surface area (Å²) in [4.78, 5) is 0. The van der Waals surface area contributed by atoms with E-state index in [9.17, 15) is 0 Å². The summed E-state index contributed by atoms with van der Waals surface area (Å²) in [5, 5.41) is 7.79. The van der Waals surface area contributed by atoms with E-state index in [1.807, 2.05) is 19.2 Å². The van der Waals surface area contributed by atoms with Crippen LogP contribution in [0.25, 0.3) is 0 Å². The fraction of sp³-hybridized carbons (Fsp3) is 0.200. The molecule has 17 heavy (non-hydrogen) atoms. The monoisotopic (exact) mass is 407 g/mol. The van der Waals surface area contributed by atoms with Crippen molar-refractivity contribution >= 4 is 38.5 Å². The van der Waals surface area contributed by atoms with E-state index >= 15 is 0 Å². The van der Waals surface area contributed by atoms with Gasteiger partial charge in [-0.3, -0.25) is 10.5 Å². The molecular weight excluding hydrogens is 397 g/mol. The van der Waals surface area contributed by atoms with Crippen LogP contribution in [-0.2, 0) is 7.05 Å². The van der Waals surface area contributed by atoms with Gasteiger partial charge in [0.1, 0.15) is 0 Å². The minimum Gasteiger partial charge on any atom is -0.271 e. The summed E-state index contributed by atoms with van der Waals surface area (Å²) in [5.74, 6) is 5.64. The maximum absolute atomic E-state index is 5.64. The largest absolute Gasteiger partial charge is 0.271 e. The van der Waals surface area contributed by atoms with Crippen molar-refractivity contribution in [2.24, 2.45) is 12.9 Å². The summed E-state index contributed by atoms with van der Waals surface area (Å²) in [5.41, 5.74) is 4.77. The quantitative estimate of drug-likeness (QED) is 0.462. The second kappa shape index (κ2) is 5.42. The van der Waals surface area contributed by atoms with Gasteiger partial charge in [-0.2, -0.15) is 0 Å². The molecule has 0 saturated heterocycles. The Kier molecular flexibility index (Phi) is 4.13. The average molecular weight is 408 g/mol. The molecule has 0 aliphatic carbocycles. The highest BCUT2D eigenvalue weighted by Crippen LogP contribution is 2.28. The van der Waals surface area contributed by atoms with Crippen molar-refractivity contribution in [1.82, 2.24) is 20.4 Å². The molecule has 0 bridgehead atoms. The predicted molar refractivity (Wildman–Crippen MR) is 77.0 cm³/mol. The van der Waals surface area contributed by atoms with Gasteiger partial charge >= 0.3 is 0 Å². The first-order valence-electron chi connectivity index (χ1n) is 4.89. The van der Waals surface area contributed by atoms with Gasteiger partial charge in [0, 0.05) is 15.1 Å². The van der Waals surface area contributed by atoms with Crippen LogP contribution >= 0.6 is 38.5 Å². The molecule has 3 N–H and O–H groups in total. The van der Waals surface area contributed by atoms with Crippen molar-refractivity contribution in [2.75, 3.05) is 0 Å². The second-order valence-corrected chi connectivity index (χ2v) is 5.65. The Balaban J connectivity index is 2.49. The zero-order valence-electron chi connectivity index (χ0n) is 9.06. The number of aryl methyl sites for hydroxylation is 1. The van der Waals surface area contributed by atoms with Crippen LogP contribution in [-0.4, -0.2) is 15.0 Å². The molecule has 0 aliphatic heterocycles. The fourth-order valence-corrected chi connectivity index (χ4v) is 2.62. The van der Waals surface area contributed by atoms with E-state index in [1.165, 1.54) is 0 Å². The molecule has 1 aromatic carbocycles. The van der Waals surface area contributed by atoms with E-state index in [1.54, 1.807) is 10.9 Å². The van der Waals surface area contributed by atoms with Gasteiger partial charge in [-0.05, 0) is 46.4 Å². The van der Waals surface area contributed by atoms with Crippen LogP contribution in [0.1, 0.15) is 17.3 Å². The van der Waals surface area contributed by atoms with Crippen LogP contribution < -0.4 is 11.3 Å². The molecule has 0 radical (unpaired) electrons. The van der Waals surface area contributed by atoms with Gasteiger partial charge < -0.3 is 0 Å². The van der Waals surface area contributed by atoms with Crippen LogP contribution in [0.3, 0.4) is 0 Å². The minimum atomic E-state index is -0.140. The molecule has 0 spiro atoms. The number of halogens is 2. The van der Waals surface area contributed by atoms with Gasteiger partial charge in [-0.15, -0.1) is 5.10 Å². The van der Waals surface area contributed by atoms with E-state index in [-0.39, 0.29) is 6.04 Å². The summed E-state index contributed by atoms with van der Waals surface area (Å²) in [6.07, 6.45) is 1.71. The highest BCUT2D eigenvalue weighted by molar-refractivity contribution is 14.1. The van der Waals surface area contributed by atoms with Crippen LogP contribution in [0, 0.1) is 3.57 Å². The third-order valence-electron chi connectivity index (χ3n) is 2.48. The minimum absolute atomic E-state index is 0.140. The number of hydrogen-bond acceptors (Lipinski definition) is 4. The lowest BCUT2D eigenvalue weighted by atomic mass is 10.1. The van der Waals surface area contributed by atoms with Crippen molar-refractivity contribution in [3.8, 4) is 0 Å². The first kappa shape index (κ1) is 12.9. The molecule has 2 aromatic rings. The molecule has 7 heteroatoms. The molecule has 1 atom stereocenters. The Morgan fingerprint density at radius 3 is 2.88 bits per heavy atom. The van der Waals surface area contributed by atoms with Crippen molar-refractivity contribution < 1.29 is 0 Å². The lowest BCUT2D eigenvalue weighted by molar-refractivity contribution is 0.568. The normalized spacial score (nSPS) is 12.7. The highest BCUT2D eigenvalue weighted by atomic mass is 127. The SMILES string of the molecule is Cn1nncc1C(NN)c1cc(I)ccc1Br. The summed E-state index contributed by atoms with van der Waals surface area (Å²) < 4.78 is 3.86. The first-order chi connectivity index (χ1) is 8.13. The number of hydrazine groups is 1. The van der Waals surface area contributed by atoms with Gasteiger partial charge in [0.15, 0.2) is 0 Å². The highest BCUT2D eigenvalue weighted by Gasteiger charge is 2.19. The van der Waals surface area contributed by atoms with E-state index < -0.39 is 0 Å². The third-order valence-corrected chi connectivity index (χ3v) is 3.87. The predicted octanol–water partition coefficient (Wildman–Crippen LogP) is 1.73. The Hall–Kier alpha value is -0.510. The molecule has 0 fully saturated rings. The van der Waals surface area contributed by atoms with E-state index in [0.717, 1.165) is 19.3 Å². The molecule has 0 amide bonds. The molecule has 2 rings (SSSR count). The maximum Gasteiger partial charge on any atom is 0.0905 e. The van der Waals surface area contributed by atoms with Gasteiger partial charge in [-0.25, -0.2) is 5.43 Å². The van der Waals surface area contributed by atoms with E-state index in [2.05, 4.69) is 60.3 Å². The third kappa shape index (κ3) is 2.67. The van der Waals surface area contributed by atoms with E-state index in [4.69, 9.17) is 5.84 Å². The molecule has 5 nitrogen and oxygen atoms in total. The molecule has 0 saturated carbocycles. The lowest BCUT2D eigenvalue weighted by Gasteiger charge is -2.17. The molecular formula is C10H11BrIN5. The summed E-state index contributed by atoms with van der Waals surface area (Å²) >= 11 is 5.80. The van der Waals surface area contributed by atoms with Gasteiger partial charge in [0.25, 0.3) is 0 Å². The van der Waals surface area contributed by atoms with Gasteiger partial charge in [0.05, 0.1) is 17.9 Å². The lowest BCUT2D eigenvalue weighted by Crippen LogP contribution is -2.30. The number of rotatable bonds is 3. The zero-order valence-corrected chi connectivity index (χ0v) is 12.8. The smallest absolute Gasteiger partial charge is 0.0905 e. The van der Waals surface area contributed by atoms with Crippen LogP contribution in [0.15, 0.2) is 28.9 Å². The van der Waals surface area contributed by atoms with Gasteiger partial charge in [-0.1, -0.05) is 21.1 Å². The summed E-state index contributed by atoms with van der Waals surface area (Å²) in [7, 11) is 1.84. The first-order valence-corrected chi connectivity index (χ1v) is 6.76. The van der Waals surface area contributed by atoms with Crippen LogP contribution in [0.5, 0.6) is 0 Å². The zero-order chi connectivity index (χ0) is 12.4. The molecule has 90 valence electrons. The van der Waals surface area contributed by atoms with Crippen LogP contribution in [0.2, 0.25) is 0 Å². The number of hydrogen-bond donors (Lipinski definition) is 2. The fourth-order valence-electron chi connectivity index (χ4n) is 1.63. The van der Waals surface area contributed by atoms with Crippen molar-refractivity contribution in [2.45, 2.75) is 6.04 Å². The molecule has 1 aromatic heterocycles. The van der Waals surface area contributed by atoms with Crippen molar-refractivity contribution in [1.29, 1.82) is 0 Å². The van der Waals surface area contributed by atoms with E-state index in [0.29, 0.717) is 0 Å². The summed E-state index contributed by atoms with van der Waals surface area (Å²) in [6.45, 7) is 0. The maximum atomic E-state index is 5.64. The Labute approximate surface area is 121 Å². The van der Waals surface area contributed by atoms with Gasteiger partial charge in [0.2, 0.25) is 0 Å². The molecule has 1 unspecified atom stereocenters. The van der Waals surface area contributed by atoms with Crippen LogP contribution in [0.4, 0.5) is 0 Å². The number of nitrogens with one attached hydrogen (secondary N) is 1. The average Bonchev–Trinajstić information content (AvgIpc) is 2.71. The number of nitrogens with zero attached hydrogens (tertiary/aromatic N) is 3. The van der Waals surface area contributed by atoms with Crippen molar-refractivity contribution in [3.63, 3.8) is 0 Å². The number of nitrogens with two attached hydrogens (primary N) is 1. The molecule has 0 aliphatic rings. The Bertz CT molecular complexity index is 527. The van der Waals surface area contributed by atoms with Crippen molar-refractivity contribution in [3.05, 3.63) is 43.7 Å². The molecule has 1 heterocycles. The summed E-state index contributed by atoms with van der Waals surface area (Å²) in [6, 6.07) is 5.97. The topological polar surface area (TPSA) is 68.8 Å². The number of benzene rings is 1. The Morgan fingerprint density at radius 1 is 1.53 bits per heavy atom.